The normalized spacial score (nSPS) is 11.1. The highest BCUT2D eigenvalue weighted by atomic mass is 19.1. The van der Waals surface area contributed by atoms with E-state index in [-0.39, 0.29) is 19.4 Å². The fourth-order valence-corrected chi connectivity index (χ4v) is 0.606. The number of esters is 1. The highest BCUT2D eigenvalue weighted by molar-refractivity contribution is 5.85. The van der Waals surface area contributed by atoms with Gasteiger partial charge in [0.2, 0.25) is 5.83 Å². The zero-order valence-corrected chi connectivity index (χ0v) is 7.25. The number of carbonyl (C=O) groups excluding carboxylic acids is 1. The van der Waals surface area contributed by atoms with Gasteiger partial charge in [0.15, 0.2) is 0 Å². The quantitative estimate of drug-likeness (QED) is 0.523. The van der Waals surface area contributed by atoms with E-state index in [4.69, 9.17) is 5.11 Å². The van der Waals surface area contributed by atoms with Crippen molar-refractivity contribution < 1.29 is 23.8 Å². The lowest BCUT2D eigenvalue weighted by Crippen LogP contribution is -2.04. The first-order valence-corrected chi connectivity index (χ1v) is 3.82. The van der Waals surface area contributed by atoms with Crippen LogP contribution in [0.3, 0.4) is 0 Å². The van der Waals surface area contributed by atoms with Crippen LogP contribution < -0.4 is 0 Å². The molecular weight excluding hydrogens is 179 g/mol. The van der Waals surface area contributed by atoms with E-state index in [1.165, 1.54) is 0 Å². The van der Waals surface area contributed by atoms with E-state index >= 15 is 0 Å². The molecule has 0 amide bonds. The van der Waals surface area contributed by atoms with Crippen LogP contribution in [-0.4, -0.2) is 23.7 Å². The molecule has 5 heteroatoms. The number of hydrogen-bond acceptors (Lipinski definition) is 3. The largest absolute Gasteiger partial charge is 0.481 e. The van der Waals surface area contributed by atoms with Crippen LogP contribution >= 0.6 is 0 Å². The summed E-state index contributed by atoms with van der Waals surface area (Å²) in [6.07, 6.45) is 0.693. The van der Waals surface area contributed by atoms with Crippen molar-refractivity contribution in [3.8, 4) is 0 Å². The summed E-state index contributed by atoms with van der Waals surface area (Å²) in [6, 6.07) is 0. The van der Waals surface area contributed by atoms with Gasteiger partial charge in [-0.25, -0.2) is 4.79 Å². The van der Waals surface area contributed by atoms with Gasteiger partial charge in [0.05, 0.1) is 6.61 Å². The summed E-state index contributed by atoms with van der Waals surface area (Å²) in [5, 5.41) is 8.20. The molecule has 0 bridgehead atoms. The Labute approximate surface area is 75.0 Å². The van der Waals surface area contributed by atoms with E-state index in [0.717, 1.165) is 6.08 Å². The SMILES string of the molecule is CCOC(=O)/C(F)=C\CCC(=O)O. The molecule has 0 atom stereocenters. The zero-order chi connectivity index (χ0) is 10.3. The molecule has 13 heavy (non-hydrogen) atoms. The molecule has 0 aliphatic heterocycles. The van der Waals surface area contributed by atoms with Crippen molar-refractivity contribution >= 4 is 11.9 Å². The Morgan fingerprint density at radius 3 is 2.62 bits per heavy atom. The summed E-state index contributed by atoms with van der Waals surface area (Å²) < 4.78 is 17.0. The average Bonchev–Trinajstić information content (AvgIpc) is 2.04. The highest BCUT2D eigenvalue weighted by Gasteiger charge is 2.08. The van der Waals surface area contributed by atoms with Crippen LogP contribution in [0.2, 0.25) is 0 Å². The number of hydrogen-bond donors (Lipinski definition) is 1. The summed E-state index contributed by atoms with van der Waals surface area (Å²) in [5.74, 6) is -3.12. The minimum absolute atomic E-state index is 0.0139. The van der Waals surface area contributed by atoms with Gasteiger partial charge in [0.1, 0.15) is 0 Å². The third kappa shape index (κ3) is 5.84. The zero-order valence-electron chi connectivity index (χ0n) is 7.25. The van der Waals surface area contributed by atoms with Crippen LogP contribution in [0.15, 0.2) is 11.9 Å². The first kappa shape index (κ1) is 11.6. The molecule has 0 heterocycles. The van der Waals surface area contributed by atoms with Gasteiger partial charge in [-0.2, -0.15) is 4.39 Å². The monoisotopic (exact) mass is 190 g/mol. The number of rotatable bonds is 5. The Hall–Kier alpha value is -1.39. The molecule has 74 valence electrons. The van der Waals surface area contributed by atoms with Gasteiger partial charge in [0.25, 0.3) is 0 Å². The summed E-state index contributed by atoms with van der Waals surface area (Å²) in [4.78, 5) is 20.6. The van der Waals surface area contributed by atoms with E-state index < -0.39 is 17.8 Å². The van der Waals surface area contributed by atoms with Crippen molar-refractivity contribution in [3.63, 3.8) is 0 Å². The van der Waals surface area contributed by atoms with Crippen molar-refractivity contribution in [3.05, 3.63) is 11.9 Å². The Morgan fingerprint density at radius 1 is 1.54 bits per heavy atom. The molecule has 0 saturated carbocycles. The molecule has 0 aromatic rings. The summed E-state index contributed by atoms with van der Waals surface area (Å²) in [6.45, 7) is 1.65. The van der Waals surface area contributed by atoms with Crippen LogP contribution in [0, 0.1) is 0 Å². The predicted octanol–water partition coefficient (Wildman–Crippen LogP) is 1.27. The van der Waals surface area contributed by atoms with Crippen molar-refractivity contribution in [1.29, 1.82) is 0 Å². The first-order valence-electron chi connectivity index (χ1n) is 3.82. The maximum atomic E-state index is 12.6. The Kier molecular flexibility index (Phi) is 5.50. The summed E-state index contributed by atoms with van der Waals surface area (Å²) >= 11 is 0. The van der Waals surface area contributed by atoms with Gasteiger partial charge in [0, 0.05) is 6.42 Å². The van der Waals surface area contributed by atoms with Gasteiger partial charge >= 0.3 is 11.9 Å². The molecule has 0 aromatic heterocycles. The van der Waals surface area contributed by atoms with Crippen molar-refractivity contribution in [1.82, 2.24) is 0 Å². The molecule has 0 saturated heterocycles. The molecule has 0 fully saturated rings. The van der Waals surface area contributed by atoms with Gasteiger partial charge in [-0.3, -0.25) is 4.79 Å². The second-order valence-corrected chi connectivity index (χ2v) is 2.20. The third-order valence-corrected chi connectivity index (χ3v) is 1.15. The molecule has 0 aromatic carbocycles. The number of allylic oxidation sites excluding steroid dienone is 1. The Balaban J connectivity index is 3.87. The molecule has 1 N–H and O–H groups in total. The summed E-state index contributed by atoms with van der Waals surface area (Å²) in [5.41, 5.74) is 0. The molecular formula is C8H11FO4. The minimum Gasteiger partial charge on any atom is -0.481 e. The molecule has 0 spiro atoms. The van der Waals surface area contributed by atoms with E-state index in [1.54, 1.807) is 6.92 Å². The Morgan fingerprint density at radius 2 is 2.15 bits per heavy atom. The van der Waals surface area contributed by atoms with Crippen molar-refractivity contribution in [2.75, 3.05) is 6.61 Å². The summed E-state index contributed by atoms with van der Waals surface area (Å²) in [7, 11) is 0. The molecule has 4 nitrogen and oxygen atoms in total. The van der Waals surface area contributed by atoms with E-state index in [0.29, 0.717) is 0 Å². The van der Waals surface area contributed by atoms with Gasteiger partial charge in [-0.05, 0) is 19.4 Å². The van der Waals surface area contributed by atoms with Crippen molar-refractivity contribution in [2.24, 2.45) is 0 Å². The lowest BCUT2D eigenvalue weighted by atomic mass is 10.3. The van der Waals surface area contributed by atoms with Crippen LogP contribution in [-0.2, 0) is 14.3 Å². The number of carboxylic acids is 1. The van der Waals surface area contributed by atoms with Crippen LogP contribution in [0.1, 0.15) is 19.8 Å². The average molecular weight is 190 g/mol. The fraction of sp³-hybridized carbons (Fsp3) is 0.500. The maximum Gasteiger partial charge on any atom is 0.366 e. The van der Waals surface area contributed by atoms with Gasteiger partial charge in [-0.15, -0.1) is 0 Å². The number of aliphatic carboxylic acids is 1. The third-order valence-electron chi connectivity index (χ3n) is 1.15. The standard InChI is InChI=1S/C8H11FO4/c1-2-13-8(12)6(9)4-3-5-7(10)11/h4H,2-3,5H2,1H3,(H,10,11)/b6-4+. The lowest BCUT2D eigenvalue weighted by molar-refractivity contribution is -0.140. The number of ether oxygens (including phenoxy) is 1. The molecule has 0 radical (unpaired) electrons. The predicted molar refractivity (Wildman–Crippen MR) is 42.7 cm³/mol. The number of carboxylic acid groups (broad SMARTS) is 1. The van der Waals surface area contributed by atoms with Gasteiger partial charge < -0.3 is 9.84 Å². The van der Waals surface area contributed by atoms with Crippen molar-refractivity contribution in [2.45, 2.75) is 19.8 Å². The highest BCUT2D eigenvalue weighted by Crippen LogP contribution is 2.03. The van der Waals surface area contributed by atoms with E-state index in [2.05, 4.69) is 4.74 Å². The smallest absolute Gasteiger partial charge is 0.366 e. The fourth-order valence-electron chi connectivity index (χ4n) is 0.606. The van der Waals surface area contributed by atoms with E-state index in [9.17, 15) is 14.0 Å². The molecule has 0 aliphatic carbocycles. The molecule has 0 unspecified atom stereocenters. The second-order valence-electron chi connectivity index (χ2n) is 2.20. The van der Waals surface area contributed by atoms with E-state index in [1.807, 2.05) is 0 Å². The van der Waals surface area contributed by atoms with Crippen LogP contribution in [0.25, 0.3) is 0 Å². The van der Waals surface area contributed by atoms with Crippen LogP contribution in [0.4, 0.5) is 4.39 Å². The molecule has 0 aliphatic rings. The van der Waals surface area contributed by atoms with Gasteiger partial charge in [-0.1, -0.05) is 0 Å². The minimum atomic E-state index is -1.05. The van der Waals surface area contributed by atoms with Crippen LogP contribution in [0.5, 0.6) is 0 Å². The number of carbonyl (C=O) groups is 2. The Bertz CT molecular complexity index is 222. The molecule has 0 rings (SSSR count). The number of halogens is 1. The first-order chi connectivity index (χ1) is 6.07. The topological polar surface area (TPSA) is 63.6 Å². The maximum absolute atomic E-state index is 12.6. The second kappa shape index (κ2) is 6.16. The lowest BCUT2D eigenvalue weighted by Gasteiger charge is -1.97.